The quantitative estimate of drug-likeness (QED) is 0.477. The maximum absolute atomic E-state index is 10.2. The number of anilines is 1. The molecule has 1 fully saturated rings. The molecule has 0 amide bonds. The molecule has 0 spiro atoms. The van der Waals surface area contributed by atoms with E-state index in [0.29, 0.717) is 23.5 Å². The molecule has 0 radical (unpaired) electrons. The van der Waals surface area contributed by atoms with E-state index in [1.165, 1.54) is 17.2 Å². The minimum Gasteiger partial charge on any atom is -0.394 e. The number of imidazole rings is 1. The van der Waals surface area contributed by atoms with Crippen molar-refractivity contribution in [2.45, 2.75) is 38.0 Å². The summed E-state index contributed by atoms with van der Waals surface area (Å²) in [4.78, 5) is 17.1. The molecular formula is C17H20N6O4. The van der Waals surface area contributed by atoms with E-state index in [2.05, 4.69) is 25.3 Å². The van der Waals surface area contributed by atoms with Gasteiger partial charge in [-0.1, -0.05) is 0 Å². The van der Waals surface area contributed by atoms with Crippen LogP contribution in [0.3, 0.4) is 0 Å². The zero-order valence-corrected chi connectivity index (χ0v) is 14.6. The largest absolute Gasteiger partial charge is 0.394 e. The highest BCUT2D eigenvalue weighted by Gasteiger charge is 2.44. The van der Waals surface area contributed by atoms with Crippen molar-refractivity contribution in [3.8, 4) is 0 Å². The molecule has 0 bridgehead atoms. The van der Waals surface area contributed by atoms with Crippen molar-refractivity contribution < 1.29 is 20.1 Å². The number of nitrogens with zero attached hydrogens (tertiary/aromatic N) is 5. The van der Waals surface area contributed by atoms with Crippen LogP contribution in [0.15, 0.2) is 31.0 Å². The first-order valence-corrected chi connectivity index (χ1v) is 8.54. The molecule has 4 atom stereocenters. The molecule has 4 N–H and O–H groups in total. The van der Waals surface area contributed by atoms with E-state index < -0.39 is 31.1 Å². The van der Waals surface area contributed by atoms with E-state index >= 15 is 0 Å². The second-order valence-electron chi connectivity index (χ2n) is 6.45. The van der Waals surface area contributed by atoms with Gasteiger partial charge < -0.3 is 25.4 Å². The highest BCUT2D eigenvalue weighted by Crippen LogP contribution is 2.32. The lowest BCUT2D eigenvalue weighted by Gasteiger charge is -2.16. The van der Waals surface area contributed by atoms with Crippen molar-refractivity contribution in [1.82, 2.24) is 24.5 Å². The number of nitrogens with one attached hydrogen (secondary N) is 1. The van der Waals surface area contributed by atoms with E-state index in [1.807, 2.05) is 19.1 Å². The Morgan fingerprint density at radius 2 is 2.04 bits per heavy atom. The summed E-state index contributed by atoms with van der Waals surface area (Å²) in [6.07, 6.45) is 0.436. The Labute approximate surface area is 154 Å². The van der Waals surface area contributed by atoms with Crippen LogP contribution >= 0.6 is 0 Å². The van der Waals surface area contributed by atoms with Crippen LogP contribution in [0.25, 0.3) is 11.2 Å². The molecule has 3 aromatic heterocycles. The molecule has 10 nitrogen and oxygen atoms in total. The summed E-state index contributed by atoms with van der Waals surface area (Å²) in [5.41, 5.74) is 2.93. The van der Waals surface area contributed by atoms with Gasteiger partial charge >= 0.3 is 0 Å². The van der Waals surface area contributed by atoms with Gasteiger partial charge in [-0.15, -0.1) is 0 Å². The predicted molar refractivity (Wildman–Crippen MR) is 94.6 cm³/mol. The third kappa shape index (κ3) is 3.23. The molecule has 0 aromatic carbocycles. The van der Waals surface area contributed by atoms with Crippen LogP contribution in [0.5, 0.6) is 0 Å². The summed E-state index contributed by atoms with van der Waals surface area (Å²) in [6, 6.07) is 3.90. The Hall–Kier alpha value is -2.66. The molecule has 1 aliphatic heterocycles. The molecule has 1 aliphatic rings. The monoisotopic (exact) mass is 372 g/mol. The Morgan fingerprint density at radius 1 is 1.19 bits per heavy atom. The van der Waals surface area contributed by atoms with Gasteiger partial charge in [-0.2, -0.15) is 0 Å². The summed E-state index contributed by atoms with van der Waals surface area (Å²) >= 11 is 0. The van der Waals surface area contributed by atoms with Crippen molar-refractivity contribution in [3.63, 3.8) is 0 Å². The van der Waals surface area contributed by atoms with Crippen LogP contribution in [0.2, 0.25) is 0 Å². The average Bonchev–Trinajstić information content (AvgIpc) is 3.22. The molecule has 10 heteroatoms. The predicted octanol–water partition coefficient (Wildman–Crippen LogP) is -0.247. The van der Waals surface area contributed by atoms with Crippen LogP contribution in [0.4, 0.5) is 5.82 Å². The SMILES string of the molecule is Cc1ccnc(CNc2ncnc3c2ncn3[C@@H]2O[C@H](CO)[C@@H](O)[C@H]2O)c1. The van der Waals surface area contributed by atoms with E-state index in [4.69, 9.17) is 4.74 Å². The van der Waals surface area contributed by atoms with Gasteiger partial charge in [0.05, 0.1) is 25.2 Å². The van der Waals surface area contributed by atoms with Crippen molar-refractivity contribution in [2.75, 3.05) is 11.9 Å². The lowest BCUT2D eigenvalue weighted by Crippen LogP contribution is -2.33. The number of aliphatic hydroxyl groups is 3. The lowest BCUT2D eigenvalue weighted by atomic mass is 10.1. The molecular weight excluding hydrogens is 352 g/mol. The fraction of sp³-hybridized carbons (Fsp3) is 0.412. The first kappa shape index (κ1) is 17.7. The normalized spacial score (nSPS) is 25.2. The standard InChI is InChI=1S/C17H20N6O4/c1-9-2-3-18-10(4-9)5-19-15-12-16(21-7-20-15)23(8-22-12)17-14(26)13(25)11(6-24)27-17/h2-4,7-8,11,13-14,17,24-26H,5-6H2,1H3,(H,19,20,21)/t11-,13-,14-,17-/m1/s1. The highest BCUT2D eigenvalue weighted by atomic mass is 16.6. The highest BCUT2D eigenvalue weighted by molar-refractivity contribution is 5.82. The summed E-state index contributed by atoms with van der Waals surface area (Å²) in [7, 11) is 0. The summed E-state index contributed by atoms with van der Waals surface area (Å²) in [5, 5.41) is 32.7. The maximum atomic E-state index is 10.2. The van der Waals surface area contributed by atoms with Crippen LogP contribution in [0.1, 0.15) is 17.5 Å². The number of aliphatic hydroxyl groups excluding tert-OH is 3. The second kappa shape index (κ2) is 7.16. The molecule has 4 heterocycles. The lowest BCUT2D eigenvalue weighted by molar-refractivity contribution is -0.0511. The first-order valence-electron chi connectivity index (χ1n) is 8.54. The van der Waals surface area contributed by atoms with Gasteiger partial charge in [0.1, 0.15) is 24.6 Å². The molecule has 0 saturated carbocycles. The molecule has 3 aromatic rings. The topological polar surface area (TPSA) is 138 Å². The molecule has 4 rings (SSSR count). The number of aromatic nitrogens is 5. The van der Waals surface area contributed by atoms with Gasteiger partial charge in [-0.05, 0) is 24.6 Å². The van der Waals surface area contributed by atoms with Crippen molar-refractivity contribution in [2.24, 2.45) is 0 Å². The molecule has 142 valence electrons. The fourth-order valence-electron chi connectivity index (χ4n) is 3.15. The molecule has 0 unspecified atom stereocenters. The van der Waals surface area contributed by atoms with Crippen LogP contribution in [-0.4, -0.2) is 64.7 Å². The van der Waals surface area contributed by atoms with Crippen molar-refractivity contribution in [1.29, 1.82) is 0 Å². The zero-order chi connectivity index (χ0) is 19.0. The smallest absolute Gasteiger partial charge is 0.167 e. The van der Waals surface area contributed by atoms with Gasteiger partial charge in [0.25, 0.3) is 0 Å². The molecule has 0 aliphatic carbocycles. The van der Waals surface area contributed by atoms with E-state index in [0.717, 1.165) is 11.3 Å². The fourth-order valence-corrected chi connectivity index (χ4v) is 3.15. The zero-order valence-electron chi connectivity index (χ0n) is 14.6. The van der Waals surface area contributed by atoms with Crippen LogP contribution in [0, 0.1) is 6.92 Å². The maximum Gasteiger partial charge on any atom is 0.167 e. The number of aryl methyl sites for hydroxylation is 1. The second-order valence-corrected chi connectivity index (χ2v) is 6.45. The van der Waals surface area contributed by atoms with Crippen LogP contribution in [-0.2, 0) is 11.3 Å². The summed E-state index contributed by atoms with van der Waals surface area (Å²) in [6.45, 7) is 2.07. The first-order chi connectivity index (χ1) is 13.1. The number of hydrogen-bond acceptors (Lipinski definition) is 9. The third-order valence-corrected chi connectivity index (χ3v) is 4.56. The summed E-state index contributed by atoms with van der Waals surface area (Å²) in [5.74, 6) is 0.522. The third-order valence-electron chi connectivity index (χ3n) is 4.56. The number of pyridine rings is 1. The Balaban J connectivity index is 1.60. The van der Waals surface area contributed by atoms with Gasteiger partial charge in [-0.3, -0.25) is 9.55 Å². The van der Waals surface area contributed by atoms with Crippen molar-refractivity contribution >= 4 is 17.0 Å². The van der Waals surface area contributed by atoms with Gasteiger partial charge in [0.2, 0.25) is 0 Å². The summed E-state index contributed by atoms with van der Waals surface area (Å²) < 4.78 is 7.08. The minimum atomic E-state index is -1.21. The van der Waals surface area contributed by atoms with Crippen molar-refractivity contribution in [3.05, 3.63) is 42.2 Å². The van der Waals surface area contributed by atoms with Crippen LogP contribution < -0.4 is 5.32 Å². The average molecular weight is 372 g/mol. The number of fused-ring (bicyclic) bond motifs is 1. The van der Waals surface area contributed by atoms with Gasteiger partial charge in [0, 0.05) is 6.20 Å². The Kier molecular flexibility index (Phi) is 4.70. The number of rotatable bonds is 5. The number of ether oxygens (including phenoxy) is 1. The number of hydrogen-bond donors (Lipinski definition) is 4. The molecule has 27 heavy (non-hydrogen) atoms. The Bertz CT molecular complexity index is 948. The van der Waals surface area contributed by atoms with E-state index in [1.54, 1.807) is 6.20 Å². The van der Waals surface area contributed by atoms with Gasteiger partial charge in [-0.25, -0.2) is 15.0 Å². The van der Waals surface area contributed by atoms with Gasteiger partial charge in [0.15, 0.2) is 23.2 Å². The minimum absolute atomic E-state index is 0.396. The van der Waals surface area contributed by atoms with E-state index in [9.17, 15) is 15.3 Å². The molecule has 1 saturated heterocycles. The Morgan fingerprint density at radius 3 is 2.78 bits per heavy atom. The van der Waals surface area contributed by atoms with E-state index in [-0.39, 0.29) is 0 Å².